The first-order valence-electron chi connectivity index (χ1n) is 6.84. The Morgan fingerprint density at radius 2 is 2.14 bits per heavy atom. The molecule has 1 N–H and O–H groups in total. The van der Waals surface area contributed by atoms with Gasteiger partial charge >= 0.3 is 0 Å². The molecule has 0 spiro atoms. The fourth-order valence-corrected chi connectivity index (χ4v) is 4.14. The second-order valence-electron chi connectivity index (χ2n) is 5.41. The molecule has 0 aliphatic carbocycles. The van der Waals surface area contributed by atoms with Crippen LogP contribution in [0.1, 0.15) is 12.0 Å². The zero-order valence-corrected chi connectivity index (χ0v) is 13.4. The predicted molar refractivity (Wildman–Crippen MR) is 79.8 cm³/mol. The van der Waals surface area contributed by atoms with Gasteiger partial charge in [0.2, 0.25) is 10.0 Å². The topological polar surface area (TPSA) is 70.1 Å². The summed E-state index contributed by atoms with van der Waals surface area (Å²) in [4.78, 5) is 2.20. The third-order valence-corrected chi connectivity index (χ3v) is 5.79. The number of benzene rings is 1. The Balaban J connectivity index is 2.32. The van der Waals surface area contributed by atoms with Crippen LogP contribution in [-0.4, -0.2) is 63.1 Å². The molecule has 1 aliphatic rings. The summed E-state index contributed by atoms with van der Waals surface area (Å²) >= 11 is 0. The molecule has 21 heavy (non-hydrogen) atoms. The number of hydrogen-bond donors (Lipinski definition) is 1. The van der Waals surface area contributed by atoms with Crippen LogP contribution in [0.3, 0.4) is 0 Å². The maximum absolute atomic E-state index is 12.7. The van der Waals surface area contributed by atoms with Crippen molar-refractivity contribution in [2.45, 2.75) is 24.0 Å². The molecule has 0 radical (unpaired) electrons. The number of methoxy groups -OCH3 is 1. The predicted octanol–water partition coefficient (Wildman–Crippen LogP) is 0.512. The van der Waals surface area contributed by atoms with E-state index in [1.807, 2.05) is 19.0 Å². The SMILES string of the molecule is COc1cc(CO)ccc1S(=O)(=O)N1CCC(N(C)C)C1. The fraction of sp³-hybridized carbons (Fsp3) is 0.571. The van der Waals surface area contributed by atoms with Crippen molar-refractivity contribution in [2.24, 2.45) is 0 Å². The molecule has 2 rings (SSSR count). The summed E-state index contributed by atoms with van der Waals surface area (Å²) in [5, 5.41) is 9.14. The standard InChI is InChI=1S/C14H22N2O4S/c1-15(2)12-6-7-16(9-12)21(18,19)14-5-4-11(10-17)8-13(14)20-3/h4-5,8,12,17H,6-7,9-10H2,1-3H3. The lowest BCUT2D eigenvalue weighted by atomic mass is 10.2. The lowest BCUT2D eigenvalue weighted by Gasteiger charge is -2.21. The van der Waals surface area contributed by atoms with Gasteiger partial charge < -0.3 is 14.7 Å². The zero-order valence-electron chi connectivity index (χ0n) is 12.6. The normalized spacial score (nSPS) is 20.1. The minimum absolute atomic E-state index is 0.150. The van der Waals surface area contributed by atoms with E-state index in [9.17, 15) is 8.42 Å². The summed E-state index contributed by atoms with van der Waals surface area (Å²) in [5.74, 6) is 0.273. The number of likely N-dealkylation sites (N-methyl/N-ethyl adjacent to an activating group) is 1. The van der Waals surface area contributed by atoms with E-state index >= 15 is 0 Å². The molecule has 6 nitrogen and oxygen atoms in total. The van der Waals surface area contributed by atoms with Crippen molar-refractivity contribution in [1.29, 1.82) is 0 Å². The van der Waals surface area contributed by atoms with Crippen molar-refractivity contribution in [1.82, 2.24) is 9.21 Å². The van der Waals surface area contributed by atoms with Crippen molar-refractivity contribution in [3.63, 3.8) is 0 Å². The molecular weight excluding hydrogens is 292 g/mol. The highest BCUT2D eigenvalue weighted by Crippen LogP contribution is 2.30. The Hall–Kier alpha value is -1.15. The molecule has 1 unspecified atom stereocenters. The van der Waals surface area contributed by atoms with Crippen LogP contribution in [0.2, 0.25) is 0 Å². The molecule has 0 aromatic heterocycles. The van der Waals surface area contributed by atoms with Crippen LogP contribution in [0.15, 0.2) is 23.1 Å². The highest BCUT2D eigenvalue weighted by Gasteiger charge is 2.35. The molecule has 0 saturated carbocycles. The smallest absolute Gasteiger partial charge is 0.246 e. The van der Waals surface area contributed by atoms with Crippen LogP contribution in [0.4, 0.5) is 0 Å². The minimum Gasteiger partial charge on any atom is -0.495 e. The van der Waals surface area contributed by atoms with Gasteiger partial charge in [-0.15, -0.1) is 0 Å². The molecule has 0 bridgehead atoms. The largest absolute Gasteiger partial charge is 0.495 e. The average Bonchev–Trinajstić information content (AvgIpc) is 2.97. The first-order valence-corrected chi connectivity index (χ1v) is 8.28. The van der Waals surface area contributed by atoms with Crippen molar-refractivity contribution in [3.05, 3.63) is 23.8 Å². The van der Waals surface area contributed by atoms with Crippen LogP contribution < -0.4 is 4.74 Å². The number of ether oxygens (including phenoxy) is 1. The van der Waals surface area contributed by atoms with E-state index in [1.54, 1.807) is 12.1 Å². The zero-order chi connectivity index (χ0) is 15.6. The van der Waals surface area contributed by atoms with Gasteiger partial charge in [-0.05, 0) is 38.2 Å². The highest BCUT2D eigenvalue weighted by atomic mass is 32.2. The summed E-state index contributed by atoms with van der Waals surface area (Å²) in [6, 6.07) is 4.91. The number of aliphatic hydroxyl groups excluding tert-OH is 1. The van der Waals surface area contributed by atoms with Crippen molar-refractivity contribution < 1.29 is 18.3 Å². The van der Waals surface area contributed by atoms with E-state index in [0.717, 1.165) is 6.42 Å². The molecule has 1 aromatic rings. The summed E-state index contributed by atoms with van der Waals surface area (Å²) in [6.45, 7) is 0.847. The van der Waals surface area contributed by atoms with Gasteiger partial charge in [-0.25, -0.2) is 8.42 Å². The Bertz CT molecular complexity index is 601. The first-order chi connectivity index (χ1) is 9.90. The van der Waals surface area contributed by atoms with E-state index in [0.29, 0.717) is 18.7 Å². The molecule has 118 valence electrons. The van der Waals surface area contributed by atoms with E-state index in [2.05, 4.69) is 0 Å². The highest BCUT2D eigenvalue weighted by molar-refractivity contribution is 7.89. The summed E-state index contributed by atoms with van der Waals surface area (Å²) < 4.78 is 32.2. The molecule has 1 saturated heterocycles. The number of sulfonamides is 1. The summed E-state index contributed by atoms with van der Waals surface area (Å²) in [6.07, 6.45) is 0.823. The Morgan fingerprint density at radius 3 is 2.67 bits per heavy atom. The van der Waals surface area contributed by atoms with E-state index < -0.39 is 10.0 Å². The molecule has 7 heteroatoms. The maximum atomic E-state index is 12.7. The van der Waals surface area contributed by atoms with Gasteiger partial charge in [0.15, 0.2) is 0 Å². The van der Waals surface area contributed by atoms with Gasteiger partial charge in [0, 0.05) is 19.1 Å². The Morgan fingerprint density at radius 1 is 1.43 bits per heavy atom. The average molecular weight is 314 g/mol. The second kappa shape index (κ2) is 6.31. The van der Waals surface area contributed by atoms with Crippen LogP contribution in [0, 0.1) is 0 Å². The Labute approximate surface area is 126 Å². The van der Waals surface area contributed by atoms with Gasteiger partial charge in [0.1, 0.15) is 10.6 Å². The second-order valence-corrected chi connectivity index (χ2v) is 7.32. The molecule has 1 atom stereocenters. The van der Waals surface area contributed by atoms with Crippen LogP contribution in [0.25, 0.3) is 0 Å². The van der Waals surface area contributed by atoms with E-state index in [1.165, 1.54) is 17.5 Å². The molecule has 1 aromatic carbocycles. The van der Waals surface area contributed by atoms with Gasteiger partial charge in [0.25, 0.3) is 0 Å². The number of aliphatic hydroxyl groups is 1. The summed E-state index contributed by atoms with van der Waals surface area (Å²) in [5.41, 5.74) is 0.624. The van der Waals surface area contributed by atoms with Gasteiger partial charge in [-0.1, -0.05) is 6.07 Å². The van der Waals surface area contributed by atoms with Crippen LogP contribution >= 0.6 is 0 Å². The molecule has 1 heterocycles. The number of nitrogens with zero attached hydrogens (tertiary/aromatic N) is 2. The lowest BCUT2D eigenvalue weighted by molar-refractivity contribution is 0.280. The molecule has 1 fully saturated rings. The van der Waals surface area contributed by atoms with Crippen LogP contribution in [0.5, 0.6) is 5.75 Å². The molecule has 1 aliphatic heterocycles. The molecule has 0 amide bonds. The first kappa shape index (κ1) is 16.2. The fourth-order valence-electron chi connectivity index (χ4n) is 2.51. The van der Waals surface area contributed by atoms with Gasteiger partial charge in [-0.2, -0.15) is 4.31 Å². The molecular formula is C14H22N2O4S. The number of rotatable bonds is 5. The van der Waals surface area contributed by atoms with Crippen molar-refractivity contribution in [2.75, 3.05) is 34.3 Å². The third-order valence-electron chi connectivity index (χ3n) is 3.88. The lowest BCUT2D eigenvalue weighted by Crippen LogP contribution is -2.34. The monoisotopic (exact) mass is 314 g/mol. The Kier molecular flexibility index (Phi) is 4.88. The third kappa shape index (κ3) is 3.21. The van der Waals surface area contributed by atoms with Crippen molar-refractivity contribution >= 4 is 10.0 Å². The van der Waals surface area contributed by atoms with Gasteiger partial charge in [-0.3, -0.25) is 0 Å². The minimum atomic E-state index is -3.57. The quantitative estimate of drug-likeness (QED) is 0.858. The van der Waals surface area contributed by atoms with E-state index in [4.69, 9.17) is 9.84 Å². The van der Waals surface area contributed by atoms with Gasteiger partial charge in [0.05, 0.1) is 13.7 Å². The maximum Gasteiger partial charge on any atom is 0.246 e. The van der Waals surface area contributed by atoms with Crippen LogP contribution in [-0.2, 0) is 16.6 Å². The van der Waals surface area contributed by atoms with Crippen molar-refractivity contribution in [3.8, 4) is 5.75 Å². The summed E-state index contributed by atoms with van der Waals surface area (Å²) in [7, 11) is 1.77. The van der Waals surface area contributed by atoms with E-state index in [-0.39, 0.29) is 23.3 Å². The number of hydrogen-bond acceptors (Lipinski definition) is 5.